The maximum atomic E-state index is 11.8. The average Bonchev–Trinajstić information content (AvgIpc) is 2.30. The number of sulfonamides is 1. The van der Waals surface area contributed by atoms with E-state index in [0.717, 1.165) is 18.4 Å². The SMILES string of the molecule is CN(C)S(=O)(=O)c1ccc(CCCON)cc1. The van der Waals surface area contributed by atoms with Crippen molar-refractivity contribution in [1.82, 2.24) is 4.31 Å². The number of benzene rings is 1. The number of hydrogen-bond acceptors (Lipinski definition) is 4. The van der Waals surface area contributed by atoms with E-state index in [1.807, 2.05) is 12.1 Å². The van der Waals surface area contributed by atoms with Crippen molar-refractivity contribution in [3.63, 3.8) is 0 Å². The molecule has 0 aromatic heterocycles. The predicted octanol–water partition coefficient (Wildman–Crippen LogP) is 0.760. The molecule has 0 atom stereocenters. The third kappa shape index (κ3) is 3.78. The van der Waals surface area contributed by atoms with Gasteiger partial charge in [0.05, 0.1) is 11.5 Å². The van der Waals surface area contributed by atoms with Gasteiger partial charge in [-0.2, -0.15) is 0 Å². The zero-order valence-electron chi connectivity index (χ0n) is 10.1. The Kier molecular flexibility index (Phi) is 5.07. The second-order valence-electron chi connectivity index (χ2n) is 3.91. The third-order valence-corrected chi connectivity index (χ3v) is 4.26. The molecule has 17 heavy (non-hydrogen) atoms. The Morgan fingerprint density at radius 2 is 1.82 bits per heavy atom. The summed E-state index contributed by atoms with van der Waals surface area (Å²) in [5.74, 6) is 4.92. The first-order valence-electron chi connectivity index (χ1n) is 5.31. The van der Waals surface area contributed by atoms with Gasteiger partial charge < -0.3 is 4.84 Å². The molecular formula is C11H18N2O3S. The Morgan fingerprint density at radius 1 is 1.24 bits per heavy atom. The Balaban J connectivity index is 2.75. The molecule has 0 fully saturated rings. The zero-order chi connectivity index (χ0) is 12.9. The summed E-state index contributed by atoms with van der Waals surface area (Å²) in [5.41, 5.74) is 1.07. The molecule has 0 unspecified atom stereocenters. The lowest BCUT2D eigenvalue weighted by Gasteiger charge is -2.11. The second kappa shape index (κ2) is 6.11. The minimum Gasteiger partial charge on any atom is -0.305 e. The van der Waals surface area contributed by atoms with Crippen LogP contribution in [-0.2, 0) is 21.3 Å². The van der Waals surface area contributed by atoms with Crippen molar-refractivity contribution in [2.24, 2.45) is 5.90 Å². The highest BCUT2D eigenvalue weighted by atomic mass is 32.2. The van der Waals surface area contributed by atoms with Gasteiger partial charge >= 0.3 is 0 Å². The lowest BCUT2D eigenvalue weighted by atomic mass is 10.1. The van der Waals surface area contributed by atoms with Gasteiger partial charge in [-0.1, -0.05) is 12.1 Å². The summed E-state index contributed by atoms with van der Waals surface area (Å²) < 4.78 is 24.8. The van der Waals surface area contributed by atoms with Gasteiger partial charge in [0, 0.05) is 14.1 Å². The largest absolute Gasteiger partial charge is 0.305 e. The molecule has 6 heteroatoms. The summed E-state index contributed by atoms with van der Waals surface area (Å²) in [4.78, 5) is 4.78. The van der Waals surface area contributed by atoms with Crippen molar-refractivity contribution in [2.75, 3.05) is 20.7 Å². The average molecular weight is 258 g/mol. The second-order valence-corrected chi connectivity index (χ2v) is 6.06. The molecule has 0 aliphatic rings. The molecule has 96 valence electrons. The molecule has 5 nitrogen and oxygen atoms in total. The summed E-state index contributed by atoms with van der Waals surface area (Å²) in [6, 6.07) is 6.86. The first-order valence-corrected chi connectivity index (χ1v) is 6.75. The normalized spacial score (nSPS) is 12.0. The molecule has 1 aromatic carbocycles. The topological polar surface area (TPSA) is 72.6 Å². The van der Waals surface area contributed by atoms with E-state index >= 15 is 0 Å². The Morgan fingerprint density at radius 3 is 2.29 bits per heavy atom. The maximum Gasteiger partial charge on any atom is 0.242 e. The van der Waals surface area contributed by atoms with Crippen LogP contribution in [0.3, 0.4) is 0 Å². The van der Waals surface area contributed by atoms with Gasteiger partial charge in [0.15, 0.2) is 0 Å². The zero-order valence-corrected chi connectivity index (χ0v) is 10.9. The molecule has 0 spiro atoms. The molecule has 0 aliphatic carbocycles. The Bertz CT molecular complexity index is 440. The van der Waals surface area contributed by atoms with E-state index in [2.05, 4.69) is 4.84 Å². The monoisotopic (exact) mass is 258 g/mol. The van der Waals surface area contributed by atoms with E-state index in [0.29, 0.717) is 11.5 Å². The predicted molar refractivity (Wildman–Crippen MR) is 65.8 cm³/mol. The minimum absolute atomic E-state index is 0.307. The van der Waals surface area contributed by atoms with E-state index < -0.39 is 10.0 Å². The van der Waals surface area contributed by atoms with Crippen LogP contribution in [0.1, 0.15) is 12.0 Å². The van der Waals surface area contributed by atoms with Crippen LogP contribution in [0.25, 0.3) is 0 Å². The first kappa shape index (κ1) is 14.1. The standard InChI is InChI=1S/C11H18N2O3S/c1-13(2)17(14,15)11-7-5-10(6-8-11)4-3-9-16-12/h5-8H,3-4,9,12H2,1-2H3. The van der Waals surface area contributed by atoms with Crippen molar-refractivity contribution in [3.8, 4) is 0 Å². The number of rotatable bonds is 6. The number of nitrogens with two attached hydrogens (primary N) is 1. The van der Waals surface area contributed by atoms with Crippen LogP contribution in [0, 0.1) is 0 Å². The molecule has 0 heterocycles. The number of nitrogens with zero attached hydrogens (tertiary/aromatic N) is 1. The fourth-order valence-corrected chi connectivity index (χ4v) is 2.30. The van der Waals surface area contributed by atoms with Crippen molar-refractivity contribution < 1.29 is 13.3 Å². The van der Waals surface area contributed by atoms with E-state index in [1.165, 1.54) is 18.4 Å². The van der Waals surface area contributed by atoms with Crippen LogP contribution in [-0.4, -0.2) is 33.4 Å². The van der Waals surface area contributed by atoms with Crippen molar-refractivity contribution >= 4 is 10.0 Å². The number of hydrogen-bond donors (Lipinski definition) is 1. The molecule has 0 amide bonds. The molecule has 1 aromatic rings. The van der Waals surface area contributed by atoms with Gasteiger partial charge in [-0.15, -0.1) is 0 Å². The molecule has 0 radical (unpaired) electrons. The van der Waals surface area contributed by atoms with Crippen LogP contribution in [0.15, 0.2) is 29.2 Å². The van der Waals surface area contributed by atoms with E-state index in [1.54, 1.807) is 12.1 Å². The van der Waals surface area contributed by atoms with Crippen LogP contribution >= 0.6 is 0 Å². The van der Waals surface area contributed by atoms with E-state index in [4.69, 9.17) is 5.90 Å². The quantitative estimate of drug-likeness (QED) is 0.604. The summed E-state index contributed by atoms with van der Waals surface area (Å²) >= 11 is 0. The first-order chi connectivity index (χ1) is 7.98. The van der Waals surface area contributed by atoms with Gasteiger partial charge in [-0.3, -0.25) is 0 Å². The van der Waals surface area contributed by atoms with Gasteiger partial charge in [0.2, 0.25) is 10.0 Å². The molecule has 0 saturated heterocycles. The highest BCUT2D eigenvalue weighted by Gasteiger charge is 2.16. The van der Waals surface area contributed by atoms with Crippen molar-refractivity contribution in [2.45, 2.75) is 17.7 Å². The molecule has 0 saturated carbocycles. The van der Waals surface area contributed by atoms with Gasteiger partial charge in [-0.25, -0.2) is 18.6 Å². The Hall–Kier alpha value is -0.950. The van der Waals surface area contributed by atoms with Crippen LogP contribution in [0.2, 0.25) is 0 Å². The molecule has 0 aliphatic heterocycles. The minimum atomic E-state index is -3.33. The van der Waals surface area contributed by atoms with E-state index in [9.17, 15) is 8.42 Å². The Labute approximate surface area is 102 Å². The van der Waals surface area contributed by atoms with Crippen molar-refractivity contribution in [3.05, 3.63) is 29.8 Å². The summed E-state index contributed by atoms with van der Waals surface area (Å²) in [7, 11) is -0.299. The maximum absolute atomic E-state index is 11.8. The van der Waals surface area contributed by atoms with Crippen LogP contribution < -0.4 is 5.90 Å². The fraction of sp³-hybridized carbons (Fsp3) is 0.455. The lowest BCUT2D eigenvalue weighted by Crippen LogP contribution is -2.22. The van der Waals surface area contributed by atoms with Gasteiger partial charge in [0.1, 0.15) is 0 Å². The smallest absolute Gasteiger partial charge is 0.242 e. The highest BCUT2D eigenvalue weighted by Crippen LogP contribution is 2.14. The summed E-state index contributed by atoms with van der Waals surface area (Å²) in [6.45, 7) is 0.498. The molecular weight excluding hydrogens is 240 g/mol. The number of aryl methyl sites for hydroxylation is 1. The molecule has 2 N–H and O–H groups in total. The fourth-order valence-electron chi connectivity index (χ4n) is 1.40. The summed E-state index contributed by atoms with van der Waals surface area (Å²) in [6.07, 6.45) is 1.63. The third-order valence-electron chi connectivity index (χ3n) is 2.43. The molecule has 1 rings (SSSR count). The van der Waals surface area contributed by atoms with Crippen molar-refractivity contribution in [1.29, 1.82) is 0 Å². The van der Waals surface area contributed by atoms with Gasteiger partial charge in [-0.05, 0) is 30.5 Å². The van der Waals surface area contributed by atoms with Crippen LogP contribution in [0.5, 0.6) is 0 Å². The molecule has 0 bridgehead atoms. The van der Waals surface area contributed by atoms with Gasteiger partial charge in [0.25, 0.3) is 0 Å². The summed E-state index contributed by atoms with van der Waals surface area (Å²) in [5, 5.41) is 0. The van der Waals surface area contributed by atoms with Crippen LogP contribution in [0.4, 0.5) is 0 Å². The lowest BCUT2D eigenvalue weighted by molar-refractivity contribution is 0.135. The van der Waals surface area contributed by atoms with E-state index in [-0.39, 0.29) is 0 Å². The highest BCUT2D eigenvalue weighted by molar-refractivity contribution is 7.89.